The van der Waals surface area contributed by atoms with Gasteiger partial charge in [-0.3, -0.25) is 0 Å². The maximum absolute atomic E-state index is 13.3. The first-order valence-electron chi connectivity index (χ1n) is 6.09. The highest BCUT2D eigenvalue weighted by molar-refractivity contribution is 7.97. The van der Waals surface area contributed by atoms with Gasteiger partial charge in [0.15, 0.2) is 0 Å². The maximum atomic E-state index is 13.3. The molecule has 0 amide bonds. The first-order chi connectivity index (χ1) is 8.74. The van der Waals surface area contributed by atoms with Crippen molar-refractivity contribution in [2.24, 2.45) is 11.8 Å². The number of halogens is 1. The van der Waals surface area contributed by atoms with Crippen LogP contribution in [0.5, 0.6) is 0 Å². The van der Waals surface area contributed by atoms with Gasteiger partial charge in [0.1, 0.15) is 5.82 Å². The summed E-state index contributed by atoms with van der Waals surface area (Å²) in [5, 5.41) is 12.2. The predicted octanol–water partition coefficient (Wildman–Crippen LogP) is 1.86. The molecule has 2 fully saturated rings. The van der Waals surface area contributed by atoms with Crippen LogP contribution in [0.3, 0.4) is 0 Å². The molecular formula is C13H14FN3S. The third-order valence-electron chi connectivity index (χ3n) is 3.59. The molecule has 0 bridgehead atoms. The number of nitriles is 1. The molecule has 5 heteroatoms. The maximum Gasteiger partial charge on any atom is 0.125 e. The Kier molecular flexibility index (Phi) is 3.25. The molecule has 2 saturated heterocycles. The van der Waals surface area contributed by atoms with Crippen LogP contribution in [0.1, 0.15) is 5.56 Å². The number of rotatable bonds is 2. The van der Waals surface area contributed by atoms with E-state index in [0.29, 0.717) is 5.56 Å². The van der Waals surface area contributed by atoms with Gasteiger partial charge >= 0.3 is 0 Å². The molecule has 3 nitrogen and oxygen atoms in total. The van der Waals surface area contributed by atoms with Crippen LogP contribution in [-0.4, -0.2) is 30.5 Å². The summed E-state index contributed by atoms with van der Waals surface area (Å²) in [5.74, 6) is 1.11. The molecule has 2 aliphatic rings. The molecule has 1 aromatic rings. The molecule has 3 rings (SSSR count). The van der Waals surface area contributed by atoms with Crippen LogP contribution in [0.4, 0.5) is 4.39 Å². The number of nitrogens with one attached hydrogen (secondary N) is 1. The first-order valence-corrected chi connectivity index (χ1v) is 6.86. The van der Waals surface area contributed by atoms with E-state index in [-0.39, 0.29) is 5.82 Å². The first kappa shape index (κ1) is 12.0. The summed E-state index contributed by atoms with van der Waals surface area (Å²) in [6, 6.07) is 6.51. The van der Waals surface area contributed by atoms with Crippen molar-refractivity contribution in [1.82, 2.24) is 9.62 Å². The Morgan fingerprint density at radius 1 is 1.28 bits per heavy atom. The number of fused-ring (bicyclic) bond motifs is 1. The molecule has 0 aliphatic carbocycles. The summed E-state index contributed by atoms with van der Waals surface area (Å²) in [5.41, 5.74) is 0.388. The third-order valence-corrected chi connectivity index (χ3v) is 4.59. The van der Waals surface area contributed by atoms with Gasteiger partial charge in [-0.05, 0) is 55.1 Å². The highest BCUT2D eigenvalue weighted by Crippen LogP contribution is 2.34. The lowest BCUT2D eigenvalue weighted by atomic mass is 10.0. The molecule has 1 N–H and O–H groups in total. The lowest BCUT2D eigenvalue weighted by Gasteiger charge is -2.15. The number of nitrogens with zero attached hydrogens (tertiary/aromatic N) is 2. The fraction of sp³-hybridized carbons (Fsp3) is 0.462. The van der Waals surface area contributed by atoms with Crippen LogP contribution in [-0.2, 0) is 0 Å². The second kappa shape index (κ2) is 4.88. The Morgan fingerprint density at radius 2 is 2.00 bits per heavy atom. The number of hydrogen-bond donors (Lipinski definition) is 1. The average Bonchev–Trinajstić information content (AvgIpc) is 2.88. The van der Waals surface area contributed by atoms with Crippen molar-refractivity contribution in [3.8, 4) is 6.07 Å². The molecular weight excluding hydrogens is 249 g/mol. The molecule has 0 aromatic heterocycles. The average molecular weight is 263 g/mol. The van der Waals surface area contributed by atoms with Crippen LogP contribution in [0, 0.1) is 29.0 Å². The summed E-state index contributed by atoms with van der Waals surface area (Å²) in [6.07, 6.45) is 0. The zero-order chi connectivity index (χ0) is 12.5. The van der Waals surface area contributed by atoms with Crippen molar-refractivity contribution in [3.63, 3.8) is 0 Å². The minimum Gasteiger partial charge on any atom is -0.316 e. The summed E-state index contributed by atoms with van der Waals surface area (Å²) in [7, 11) is 0. The largest absolute Gasteiger partial charge is 0.316 e. The SMILES string of the molecule is N#Cc1cc(F)cc(SN2CC3CNCC3C2)c1. The lowest BCUT2D eigenvalue weighted by molar-refractivity contribution is 0.520. The fourth-order valence-corrected chi connectivity index (χ4v) is 3.89. The summed E-state index contributed by atoms with van der Waals surface area (Å²) in [4.78, 5) is 0.819. The van der Waals surface area contributed by atoms with E-state index in [2.05, 4.69) is 9.62 Å². The molecule has 2 atom stereocenters. The molecule has 1 aromatic carbocycles. The summed E-state index contributed by atoms with van der Waals surface area (Å²) in [6.45, 7) is 4.27. The number of hydrogen-bond acceptors (Lipinski definition) is 4. The van der Waals surface area contributed by atoms with Crippen molar-refractivity contribution in [2.45, 2.75) is 4.90 Å². The van der Waals surface area contributed by atoms with Crippen LogP contribution >= 0.6 is 11.9 Å². The molecule has 0 spiro atoms. The van der Waals surface area contributed by atoms with Crippen LogP contribution in [0.25, 0.3) is 0 Å². The molecule has 2 unspecified atom stereocenters. The zero-order valence-electron chi connectivity index (χ0n) is 9.90. The molecule has 2 aliphatic heterocycles. The molecule has 0 radical (unpaired) electrons. The van der Waals surface area contributed by atoms with E-state index in [9.17, 15) is 4.39 Å². The van der Waals surface area contributed by atoms with E-state index in [1.54, 1.807) is 18.0 Å². The normalized spacial score (nSPS) is 27.1. The van der Waals surface area contributed by atoms with E-state index in [4.69, 9.17) is 5.26 Å². The van der Waals surface area contributed by atoms with Gasteiger partial charge in [-0.15, -0.1) is 0 Å². The van der Waals surface area contributed by atoms with Gasteiger partial charge in [0.05, 0.1) is 11.6 Å². The Balaban J connectivity index is 1.70. The second-order valence-corrected chi connectivity index (χ2v) is 6.07. The predicted molar refractivity (Wildman–Crippen MR) is 68.4 cm³/mol. The Bertz CT molecular complexity index is 487. The van der Waals surface area contributed by atoms with Gasteiger partial charge < -0.3 is 5.32 Å². The smallest absolute Gasteiger partial charge is 0.125 e. The summed E-state index contributed by atoms with van der Waals surface area (Å²) >= 11 is 1.57. The van der Waals surface area contributed by atoms with E-state index < -0.39 is 0 Å². The van der Waals surface area contributed by atoms with Crippen molar-refractivity contribution in [3.05, 3.63) is 29.6 Å². The Morgan fingerprint density at radius 3 is 2.67 bits per heavy atom. The number of benzene rings is 1. The van der Waals surface area contributed by atoms with Gasteiger partial charge in [-0.2, -0.15) is 5.26 Å². The minimum absolute atomic E-state index is 0.336. The van der Waals surface area contributed by atoms with Crippen molar-refractivity contribution in [2.75, 3.05) is 26.2 Å². The highest BCUT2D eigenvalue weighted by atomic mass is 32.2. The van der Waals surface area contributed by atoms with E-state index >= 15 is 0 Å². The Hall–Kier alpha value is -1.09. The van der Waals surface area contributed by atoms with Crippen molar-refractivity contribution in [1.29, 1.82) is 5.26 Å². The van der Waals surface area contributed by atoms with Crippen LogP contribution in [0.2, 0.25) is 0 Å². The second-order valence-electron chi connectivity index (χ2n) is 4.90. The van der Waals surface area contributed by atoms with Crippen molar-refractivity contribution < 1.29 is 4.39 Å². The van der Waals surface area contributed by atoms with Crippen LogP contribution in [0.15, 0.2) is 23.1 Å². The Labute approximate surface area is 110 Å². The van der Waals surface area contributed by atoms with Crippen LogP contribution < -0.4 is 5.32 Å². The van der Waals surface area contributed by atoms with E-state index in [1.165, 1.54) is 12.1 Å². The van der Waals surface area contributed by atoms with Gasteiger partial charge in [-0.1, -0.05) is 0 Å². The third kappa shape index (κ3) is 2.37. The minimum atomic E-state index is -0.336. The van der Waals surface area contributed by atoms with Gasteiger partial charge in [0.25, 0.3) is 0 Å². The van der Waals surface area contributed by atoms with Gasteiger partial charge in [0, 0.05) is 18.0 Å². The topological polar surface area (TPSA) is 39.1 Å². The van der Waals surface area contributed by atoms with Gasteiger partial charge in [0.2, 0.25) is 0 Å². The lowest BCUT2D eigenvalue weighted by Crippen LogP contribution is -2.20. The molecule has 2 heterocycles. The quantitative estimate of drug-likeness (QED) is 0.827. The standard InChI is InChI=1S/C13H14FN3S/c14-12-1-9(4-15)2-13(3-12)18-17-7-10-5-16-6-11(10)8-17/h1-3,10-11,16H,5-8H2. The highest BCUT2D eigenvalue weighted by Gasteiger charge is 2.36. The van der Waals surface area contributed by atoms with E-state index in [0.717, 1.165) is 42.9 Å². The van der Waals surface area contributed by atoms with Gasteiger partial charge in [-0.25, -0.2) is 8.70 Å². The van der Waals surface area contributed by atoms with Crippen molar-refractivity contribution >= 4 is 11.9 Å². The molecule has 18 heavy (non-hydrogen) atoms. The van der Waals surface area contributed by atoms with E-state index in [1.807, 2.05) is 6.07 Å². The summed E-state index contributed by atoms with van der Waals surface area (Å²) < 4.78 is 15.6. The molecule has 94 valence electrons. The monoisotopic (exact) mass is 263 g/mol. The fourth-order valence-electron chi connectivity index (χ4n) is 2.72. The molecule has 0 saturated carbocycles. The zero-order valence-corrected chi connectivity index (χ0v) is 10.7.